The Morgan fingerprint density at radius 2 is 1.69 bits per heavy atom. The molecule has 29 heavy (non-hydrogen) atoms. The van der Waals surface area contributed by atoms with Gasteiger partial charge in [-0.25, -0.2) is 10.2 Å². The van der Waals surface area contributed by atoms with Crippen molar-refractivity contribution in [1.29, 1.82) is 0 Å². The van der Waals surface area contributed by atoms with Crippen molar-refractivity contribution in [2.24, 2.45) is 5.10 Å². The van der Waals surface area contributed by atoms with E-state index in [1.165, 1.54) is 18.3 Å². The van der Waals surface area contributed by atoms with Gasteiger partial charge in [0.2, 0.25) is 0 Å². The molecule has 0 saturated heterocycles. The first-order valence-electron chi connectivity index (χ1n) is 8.36. The molecule has 0 aliphatic rings. The normalized spacial score (nSPS) is 10.7. The molecule has 0 fully saturated rings. The number of phenols is 2. The van der Waals surface area contributed by atoms with Gasteiger partial charge in [-0.3, -0.25) is 4.79 Å². The van der Waals surface area contributed by atoms with E-state index in [0.29, 0.717) is 16.3 Å². The molecule has 1 amide bonds. The van der Waals surface area contributed by atoms with E-state index in [-0.39, 0.29) is 22.6 Å². The van der Waals surface area contributed by atoms with Gasteiger partial charge in [-0.15, -0.1) is 0 Å². The zero-order valence-electron chi connectivity index (χ0n) is 14.9. The molecule has 0 aromatic heterocycles. The predicted octanol–water partition coefficient (Wildman–Crippen LogP) is 3.73. The monoisotopic (exact) mass is 410 g/mol. The van der Waals surface area contributed by atoms with Gasteiger partial charge in [-0.2, -0.15) is 5.10 Å². The third-order valence-electron chi connectivity index (χ3n) is 3.79. The van der Waals surface area contributed by atoms with E-state index in [0.717, 1.165) is 6.07 Å². The summed E-state index contributed by atoms with van der Waals surface area (Å²) in [6, 6.07) is 16.6. The highest BCUT2D eigenvalue weighted by molar-refractivity contribution is 6.33. The minimum absolute atomic E-state index is 0.0261. The minimum Gasteiger partial charge on any atom is -0.508 e. The molecule has 146 valence electrons. The summed E-state index contributed by atoms with van der Waals surface area (Å²) in [6.07, 6.45) is 1.38. The van der Waals surface area contributed by atoms with Gasteiger partial charge >= 0.3 is 5.97 Å². The lowest BCUT2D eigenvalue weighted by atomic mass is 10.2. The highest BCUT2D eigenvalue weighted by Gasteiger charge is 2.12. The number of esters is 1. The Morgan fingerprint density at radius 3 is 2.38 bits per heavy atom. The molecule has 3 aromatic rings. The number of hydrazone groups is 1. The number of carbonyl (C=O) groups is 2. The van der Waals surface area contributed by atoms with Crippen LogP contribution in [0.25, 0.3) is 0 Å². The van der Waals surface area contributed by atoms with Crippen LogP contribution in [0.15, 0.2) is 71.8 Å². The van der Waals surface area contributed by atoms with Crippen LogP contribution in [-0.4, -0.2) is 28.3 Å². The van der Waals surface area contributed by atoms with E-state index in [9.17, 15) is 19.8 Å². The highest BCUT2D eigenvalue weighted by atomic mass is 35.5. The fourth-order valence-corrected chi connectivity index (χ4v) is 2.56. The zero-order valence-corrected chi connectivity index (χ0v) is 15.6. The van der Waals surface area contributed by atoms with E-state index in [4.69, 9.17) is 16.3 Å². The number of hydrogen-bond donors (Lipinski definition) is 3. The molecule has 0 aliphatic carbocycles. The van der Waals surface area contributed by atoms with E-state index in [2.05, 4.69) is 10.5 Å². The van der Waals surface area contributed by atoms with Crippen molar-refractivity contribution in [1.82, 2.24) is 5.43 Å². The molecule has 0 spiro atoms. The molecule has 0 atom stereocenters. The molecule has 3 aromatic carbocycles. The Hall–Kier alpha value is -3.84. The number of halogens is 1. The second-order valence-corrected chi connectivity index (χ2v) is 6.25. The summed E-state index contributed by atoms with van der Waals surface area (Å²) < 4.78 is 5.27. The van der Waals surface area contributed by atoms with Crippen LogP contribution in [0.5, 0.6) is 17.2 Å². The van der Waals surface area contributed by atoms with Gasteiger partial charge in [0.25, 0.3) is 5.91 Å². The maximum atomic E-state index is 12.1. The molecule has 0 heterocycles. The highest BCUT2D eigenvalue weighted by Crippen LogP contribution is 2.22. The summed E-state index contributed by atoms with van der Waals surface area (Å²) in [5.41, 5.74) is 3.15. The summed E-state index contributed by atoms with van der Waals surface area (Å²) in [6.45, 7) is 0. The lowest BCUT2D eigenvalue weighted by molar-refractivity contribution is 0.0734. The van der Waals surface area contributed by atoms with Crippen LogP contribution in [-0.2, 0) is 0 Å². The minimum atomic E-state index is -0.635. The van der Waals surface area contributed by atoms with Crippen molar-refractivity contribution in [3.8, 4) is 17.2 Å². The summed E-state index contributed by atoms with van der Waals surface area (Å²) in [5.74, 6) is -1.40. The number of hydrogen-bond acceptors (Lipinski definition) is 6. The number of rotatable bonds is 5. The molecule has 0 saturated carbocycles. The van der Waals surface area contributed by atoms with Gasteiger partial charge in [0.05, 0.1) is 22.4 Å². The largest absolute Gasteiger partial charge is 0.508 e. The maximum absolute atomic E-state index is 12.1. The third-order valence-corrected chi connectivity index (χ3v) is 4.12. The van der Waals surface area contributed by atoms with Crippen LogP contribution in [0.1, 0.15) is 26.3 Å². The average molecular weight is 411 g/mol. The molecule has 0 bridgehead atoms. The fourth-order valence-electron chi connectivity index (χ4n) is 2.35. The predicted molar refractivity (Wildman–Crippen MR) is 108 cm³/mol. The topological polar surface area (TPSA) is 108 Å². The van der Waals surface area contributed by atoms with Crippen molar-refractivity contribution in [2.75, 3.05) is 0 Å². The number of aromatic hydroxyl groups is 2. The lowest BCUT2D eigenvalue weighted by Gasteiger charge is -2.06. The average Bonchev–Trinajstić information content (AvgIpc) is 2.69. The lowest BCUT2D eigenvalue weighted by Crippen LogP contribution is -2.17. The zero-order chi connectivity index (χ0) is 20.8. The van der Waals surface area contributed by atoms with Crippen LogP contribution >= 0.6 is 11.6 Å². The molecule has 3 rings (SSSR count). The maximum Gasteiger partial charge on any atom is 0.345 e. The molecule has 3 N–H and O–H groups in total. The first-order valence-corrected chi connectivity index (χ1v) is 8.74. The number of phenolic OH excluding ortho intramolecular Hbond substituents is 2. The van der Waals surface area contributed by atoms with E-state index in [1.54, 1.807) is 48.5 Å². The van der Waals surface area contributed by atoms with Gasteiger partial charge in [0.1, 0.15) is 17.2 Å². The second kappa shape index (κ2) is 8.90. The summed E-state index contributed by atoms with van der Waals surface area (Å²) in [5, 5.41) is 23.0. The van der Waals surface area contributed by atoms with Crippen molar-refractivity contribution < 1.29 is 24.5 Å². The summed E-state index contributed by atoms with van der Waals surface area (Å²) in [7, 11) is 0. The van der Waals surface area contributed by atoms with Gasteiger partial charge < -0.3 is 14.9 Å². The SMILES string of the molecule is O=C(N/N=C/c1ccc(OC(=O)c2ccccc2Cl)cc1)c1ccc(O)cc1O. The Kier molecular flexibility index (Phi) is 6.11. The molecule has 0 aliphatic heterocycles. The van der Waals surface area contributed by atoms with Crippen molar-refractivity contribution in [3.63, 3.8) is 0 Å². The summed E-state index contributed by atoms with van der Waals surface area (Å²) in [4.78, 5) is 24.1. The third kappa shape index (κ3) is 5.12. The van der Waals surface area contributed by atoms with Crippen LogP contribution in [0.3, 0.4) is 0 Å². The van der Waals surface area contributed by atoms with Crippen molar-refractivity contribution in [3.05, 3.63) is 88.4 Å². The Morgan fingerprint density at radius 1 is 0.966 bits per heavy atom. The second-order valence-electron chi connectivity index (χ2n) is 5.84. The van der Waals surface area contributed by atoms with E-state index in [1.807, 2.05) is 0 Å². The number of nitrogens with one attached hydrogen (secondary N) is 1. The van der Waals surface area contributed by atoms with Crippen LogP contribution < -0.4 is 10.2 Å². The number of nitrogens with zero attached hydrogens (tertiary/aromatic N) is 1. The molecule has 7 nitrogen and oxygen atoms in total. The van der Waals surface area contributed by atoms with Crippen molar-refractivity contribution >= 4 is 29.7 Å². The molecule has 0 radical (unpaired) electrons. The Bertz CT molecular complexity index is 1080. The molecular weight excluding hydrogens is 396 g/mol. The first-order chi connectivity index (χ1) is 13.9. The quantitative estimate of drug-likeness (QED) is 0.257. The number of benzene rings is 3. The van der Waals surface area contributed by atoms with Crippen molar-refractivity contribution in [2.45, 2.75) is 0 Å². The smallest absolute Gasteiger partial charge is 0.345 e. The standard InChI is InChI=1S/C21H15ClN2O5/c22-18-4-2-1-3-16(18)21(28)29-15-8-5-13(6-9-15)12-23-24-20(27)17-10-7-14(25)11-19(17)26/h1-12,25-26H,(H,24,27)/b23-12+. The fraction of sp³-hybridized carbons (Fsp3) is 0. The van der Waals surface area contributed by atoms with Gasteiger partial charge in [0, 0.05) is 6.07 Å². The van der Waals surface area contributed by atoms with Crippen LogP contribution in [0, 0.1) is 0 Å². The molecular formula is C21H15ClN2O5. The number of ether oxygens (including phenoxy) is 1. The first kappa shape index (κ1) is 19.9. The Balaban J connectivity index is 1.59. The summed E-state index contributed by atoms with van der Waals surface area (Å²) >= 11 is 5.97. The van der Waals surface area contributed by atoms with Gasteiger partial charge in [0.15, 0.2) is 0 Å². The number of amides is 1. The molecule has 0 unspecified atom stereocenters. The van der Waals surface area contributed by atoms with Crippen LogP contribution in [0.4, 0.5) is 0 Å². The van der Waals surface area contributed by atoms with Crippen LogP contribution in [0.2, 0.25) is 5.02 Å². The number of carbonyl (C=O) groups excluding carboxylic acids is 2. The Labute approximate surface area is 170 Å². The molecule has 8 heteroatoms. The van der Waals surface area contributed by atoms with Gasteiger partial charge in [-0.05, 0) is 54.1 Å². The van der Waals surface area contributed by atoms with Gasteiger partial charge in [-0.1, -0.05) is 23.7 Å². The van der Waals surface area contributed by atoms with E-state index >= 15 is 0 Å². The van der Waals surface area contributed by atoms with E-state index < -0.39 is 11.9 Å².